The van der Waals surface area contributed by atoms with E-state index in [1.165, 1.54) is 31.4 Å². The molecule has 0 unspecified atom stereocenters. The van der Waals surface area contributed by atoms with E-state index in [1.807, 2.05) is 30.3 Å². The molecule has 0 fully saturated rings. The zero-order valence-corrected chi connectivity index (χ0v) is 14.8. The smallest absolute Gasteiger partial charge is 0.406 e. The summed E-state index contributed by atoms with van der Waals surface area (Å²) in [5.74, 6) is -0.105. The van der Waals surface area contributed by atoms with Crippen LogP contribution < -0.4 is 9.47 Å². The monoisotopic (exact) mass is 379 g/mol. The molecule has 2 rings (SSSR count). The Kier molecular flexibility index (Phi) is 6.87. The van der Waals surface area contributed by atoms with E-state index >= 15 is 0 Å². The second-order valence-corrected chi connectivity index (χ2v) is 5.73. The lowest BCUT2D eigenvalue weighted by molar-refractivity contribution is -0.139. The molecule has 0 spiro atoms. The highest BCUT2D eigenvalue weighted by atomic mass is 19.4. The summed E-state index contributed by atoms with van der Waals surface area (Å²) in [4.78, 5) is 13.1. The molecule has 0 aliphatic heterocycles. The van der Waals surface area contributed by atoms with E-state index in [4.69, 9.17) is 9.47 Å². The van der Waals surface area contributed by atoms with Gasteiger partial charge in [0.2, 0.25) is 0 Å². The summed E-state index contributed by atoms with van der Waals surface area (Å²) in [5.41, 5.74) is 1.02. The fourth-order valence-electron chi connectivity index (χ4n) is 2.43. The minimum absolute atomic E-state index is 0.0741. The number of alkyl halides is 3. The Bertz CT molecular complexity index is 776. The van der Waals surface area contributed by atoms with Crippen LogP contribution in [0, 0.1) is 0 Å². The maximum atomic E-state index is 12.7. The van der Waals surface area contributed by atoms with Crippen molar-refractivity contribution in [1.29, 1.82) is 0 Å². The molecule has 0 aliphatic carbocycles. The summed E-state index contributed by atoms with van der Waals surface area (Å²) >= 11 is 0. The first-order valence-electron chi connectivity index (χ1n) is 8.15. The van der Waals surface area contributed by atoms with Crippen LogP contribution in [-0.2, 0) is 6.61 Å². The van der Waals surface area contributed by atoms with Crippen LogP contribution in [0.3, 0.4) is 0 Å². The summed E-state index contributed by atoms with van der Waals surface area (Å²) in [7, 11) is 1.40. The van der Waals surface area contributed by atoms with Gasteiger partial charge in [-0.3, -0.25) is 4.79 Å². The molecule has 0 radical (unpaired) electrons. The number of hydrogen-bond acceptors (Lipinski definition) is 3. The van der Waals surface area contributed by atoms with Crippen molar-refractivity contribution in [2.45, 2.75) is 12.8 Å². The van der Waals surface area contributed by atoms with Crippen LogP contribution in [0.2, 0.25) is 0 Å². The normalized spacial score (nSPS) is 11.0. The number of nitrogens with zero attached hydrogens (tertiary/aromatic N) is 1. The molecule has 144 valence electrons. The van der Waals surface area contributed by atoms with E-state index in [1.54, 1.807) is 0 Å². The lowest BCUT2D eigenvalue weighted by Crippen LogP contribution is -2.39. The molecule has 0 saturated heterocycles. The maximum absolute atomic E-state index is 12.7. The predicted octanol–water partition coefficient (Wildman–Crippen LogP) is 4.46. The van der Waals surface area contributed by atoms with Crippen LogP contribution in [0.25, 0.3) is 0 Å². The second kappa shape index (κ2) is 9.12. The highest BCUT2D eigenvalue weighted by molar-refractivity contribution is 5.95. The number of methoxy groups -OCH3 is 1. The number of benzene rings is 2. The number of carbonyl (C=O) groups is 1. The third-order valence-electron chi connectivity index (χ3n) is 3.65. The zero-order chi connectivity index (χ0) is 19.9. The molecule has 0 saturated carbocycles. The van der Waals surface area contributed by atoms with E-state index < -0.39 is 18.6 Å². The largest absolute Gasteiger partial charge is 0.493 e. The maximum Gasteiger partial charge on any atom is 0.406 e. The van der Waals surface area contributed by atoms with Gasteiger partial charge >= 0.3 is 6.18 Å². The molecular weight excluding hydrogens is 359 g/mol. The molecule has 4 nitrogen and oxygen atoms in total. The molecular formula is C20H20F3NO3. The first-order chi connectivity index (χ1) is 12.8. The van der Waals surface area contributed by atoms with E-state index in [9.17, 15) is 18.0 Å². The number of carbonyl (C=O) groups excluding carboxylic acids is 1. The Morgan fingerprint density at radius 2 is 1.85 bits per heavy atom. The summed E-state index contributed by atoms with van der Waals surface area (Å²) in [6.07, 6.45) is -3.25. The van der Waals surface area contributed by atoms with Crippen molar-refractivity contribution >= 4 is 5.91 Å². The number of ether oxygens (including phenoxy) is 2. The average Bonchev–Trinajstić information content (AvgIpc) is 2.65. The van der Waals surface area contributed by atoms with Crippen molar-refractivity contribution in [3.63, 3.8) is 0 Å². The van der Waals surface area contributed by atoms with Crippen molar-refractivity contribution in [2.24, 2.45) is 0 Å². The fraction of sp³-hybridized carbons (Fsp3) is 0.250. The third kappa shape index (κ3) is 6.06. The van der Waals surface area contributed by atoms with Crippen molar-refractivity contribution < 1.29 is 27.4 Å². The predicted molar refractivity (Wildman–Crippen MR) is 95.9 cm³/mol. The van der Waals surface area contributed by atoms with Crippen molar-refractivity contribution in [1.82, 2.24) is 4.90 Å². The summed E-state index contributed by atoms with van der Waals surface area (Å²) < 4.78 is 49.0. The van der Waals surface area contributed by atoms with E-state index in [2.05, 4.69) is 6.58 Å². The first-order valence-corrected chi connectivity index (χ1v) is 8.15. The van der Waals surface area contributed by atoms with E-state index in [0.29, 0.717) is 17.3 Å². The van der Waals surface area contributed by atoms with E-state index in [-0.39, 0.29) is 17.9 Å². The Balaban J connectivity index is 2.17. The zero-order valence-electron chi connectivity index (χ0n) is 14.8. The number of halogens is 3. The summed E-state index contributed by atoms with van der Waals surface area (Å²) in [5, 5.41) is 0. The van der Waals surface area contributed by atoms with Gasteiger partial charge in [-0.2, -0.15) is 13.2 Å². The Morgan fingerprint density at radius 1 is 1.15 bits per heavy atom. The summed E-state index contributed by atoms with van der Waals surface area (Å²) in [6.45, 7) is 2.12. The number of rotatable bonds is 8. The lowest BCUT2D eigenvalue weighted by Gasteiger charge is -2.23. The van der Waals surface area contributed by atoms with Crippen molar-refractivity contribution in [3.05, 3.63) is 72.3 Å². The van der Waals surface area contributed by atoms with Gasteiger partial charge in [-0.05, 0) is 23.8 Å². The molecule has 7 heteroatoms. The van der Waals surface area contributed by atoms with Crippen molar-refractivity contribution in [3.8, 4) is 11.5 Å². The van der Waals surface area contributed by atoms with Crippen LogP contribution in [-0.4, -0.2) is 37.2 Å². The van der Waals surface area contributed by atoms with Crippen LogP contribution in [0.4, 0.5) is 13.2 Å². The van der Waals surface area contributed by atoms with Gasteiger partial charge < -0.3 is 14.4 Å². The standard InChI is InChI=1S/C20H20F3NO3/c1-3-11-24(14-20(21,22)23)19(25)16-9-10-17(18(12-16)26-2)27-13-15-7-5-4-6-8-15/h3-10,12H,1,11,13-14H2,2H3. The van der Waals surface area contributed by atoms with Gasteiger partial charge in [0.05, 0.1) is 7.11 Å². The Hall–Kier alpha value is -2.96. The Labute approximate surface area is 155 Å². The van der Waals surface area contributed by atoms with Gasteiger partial charge in [-0.25, -0.2) is 0 Å². The first kappa shape index (κ1) is 20.4. The van der Waals surface area contributed by atoms with Gasteiger partial charge in [0, 0.05) is 12.1 Å². The van der Waals surface area contributed by atoms with Gasteiger partial charge in [-0.15, -0.1) is 6.58 Å². The molecule has 0 bridgehead atoms. The number of hydrogen-bond donors (Lipinski definition) is 0. The number of amides is 1. The molecule has 0 aromatic heterocycles. The molecule has 2 aromatic rings. The van der Waals surface area contributed by atoms with Crippen LogP contribution in [0.15, 0.2) is 61.2 Å². The van der Waals surface area contributed by atoms with Gasteiger partial charge in [0.15, 0.2) is 11.5 Å². The third-order valence-corrected chi connectivity index (χ3v) is 3.65. The van der Waals surface area contributed by atoms with E-state index in [0.717, 1.165) is 5.56 Å². The van der Waals surface area contributed by atoms with Gasteiger partial charge in [0.1, 0.15) is 13.2 Å². The summed E-state index contributed by atoms with van der Waals surface area (Å²) in [6, 6.07) is 13.7. The molecule has 0 atom stereocenters. The highest BCUT2D eigenvalue weighted by Crippen LogP contribution is 2.30. The van der Waals surface area contributed by atoms with Crippen molar-refractivity contribution in [2.75, 3.05) is 20.2 Å². The SMILES string of the molecule is C=CCN(CC(F)(F)F)C(=O)c1ccc(OCc2ccccc2)c(OC)c1. The second-order valence-electron chi connectivity index (χ2n) is 5.73. The molecule has 0 heterocycles. The molecule has 0 aliphatic rings. The quantitative estimate of drug-likeness (QED) is 0.636. The van der Waals surface area contributed by atoms with Crippen LogP contribution >= 0.6 is 0 Å². The average molecular weight is 379 g/mol. The fourth-order valence-corrected chi connectivity index (χ4v) is 2.43. The molecule has 2 aromatic carbocycles. The topological polar surface area (TPSA) is 38.8 Å². The molecule has 1 amide bonds. The van der Waals surface area contributed by atoms with Crippen LogP contribution in [0.1, 0.15) is 15.9 Å². The minimum atomic E-state index is -4.50. The Morgan fingerprint density at radius 3 is 2.44 bits per heavy atom. The highest BCUT2D eigenvalue weighted by Gasteiger charge is 2.33. The van der Waals surface area contributed by atoms with Gasteiger partial charge in [-0.1, -0.05) is 36.4 Å². The molecule has 0 N–H and O–H groups in total. The molecule has 27 heavy (non-hydrogen) atoms. The van der Waals surface area contributed by atoms with Crippen LogP contribution in [0.5, 0.6) is 11.5 Å². The lowest BCUT2D eigenvalue weighted by atomic mass is 10.1. The minimum Gasteiger partial charge on any atom is -0.493 e. The van der Waals surface area contributed by atoms with Gasteiger partial charge in [0.25, 0.3) is 5.91 Å².